The standard InChI is InChI=1S/C26H32F2N2O3.C15H27N3O3/c1-18-7-5-8-19(13-18)20-9-6-12-29(15-20)24(31)17-30(25(32)33-26(2,3)4)16-21-10-11-22(27)14-23(21)28;1-2-21-15(20)12-16-5-3-14(4-6-16)11-17-7-9-18(13-19)10-8-17/h5,7-8,10-11,13-14,20H,6,9,12,15-17H2,1-4H3;13-14H,2-12H2,1H3. The Kier molecular flexibility index (Phi) is 16.2. The number of halogens is 2. The van der Waals surface area contributed by atoms with Crippen LogP contribution in [0.5, 0.6) is 0 Å². The van der Waals surface area contributed by atoms with Crippen LogP contribution in [0.1, 0.15) is 76.0 Å². The zero-order chi connectivity index (χ0) is 39.3. The second-order valence-corrected chi connectivity index (χ2v) is 15.6. The quantitative estimate of drug-likeness (QED) is 0.221. The normalized spacial score (nSPS) is 18.7. The second-order valence-electron chi connectivity index (χ2n) is 15.6. The number of rotatable bonds is 11. The molecule has 3 aliphatic heterocycles. The van der Waals surface area contributed by atoms with Gasteiger partial charge in [-0.05, 0) is 90.9 Å². The highest BCUT2D eigenvalue weighted by Crippen LogP contribution is 2.28. The van der Waals surface area contributed by atoms with E-state index in [0.29, 0.717) is 32.2 Å². The highest BCUT2D eigenvalue weighted by molar-refractivity contribution is 5.82. The lowest BCUT2D eigenvalue weighted by atomic mass is 9.90. The Morgan fingerprint density at radius 1 is 0.926 bits per heavy atom. The Morgan fingerprint density at radius 3 is 2.28 bits per heavy atom. The van der Waals surface area contributed by atoms with Gasteiger partial charge in [0.25, 0.3) is 0 Å². The van der Waals surface area contributed by atoms with Crippen molar-refractivity contribution in [1.29, 1.82) is 0 Å². The van der Waals surface area contributed by atoms with Crippen molar-refractivity contribution < 1.29 is 37.4 Å². The van der Waals surface area contributed by atoms with Crippen molar-refractivity contribution >= 4 is 24.4 Å². The van der Waals surface area contributed by atoms with Gasteiger partial charge in [-0.25, -0.2) is 13.6 Å². The highest BCUT2D eigenvalue weighted by atomic mass is 19.1. The number of piperidine rings is 2. The summed E-state index contributed by atoms with van der Waals surface area (Å²) in [7, 11) is 0. The number of ether oxygens (including phenoxy) is 2. The number of benzene rings is 2. The van der Waals surface area contributed by atoms with E-state index in [0.717, 1.165) is 90.0 Å². The Morgan fingerprint density at radius 2 is 1.65 bits per heavy atom. The van der Waals surface area contributed by atoms with E-state index < -0.39 is 23.3 Å². The van der Waals surface area contributed by atoms with E-state index in [1.54, 1.807) is 25.7 Å². The van der Waals surface area contributed by atoms with Gasteiger partial charge in [-0.15, -0.1) is 0 Å². The number of carbonyl (C=O) groups is 4. The molecule has 11 nitrogen and oxygen atoms in total. The number of nitrogens with zero attached hydrogens (tertiary/aromatic N) is 5. The van der Waals surface area contributed by atoms with Gasteiger partial charge in [0, 0.05) is 63.4 Å². The summed E-state index contributed by atoms with van der Waals surface area (Å²) in [6.45, 7) is 17.5. The fourth-order valence-electron chi connectivity index (χ4n) is 7.16. The molecule has 0 spiro atoms. The smallest absolute Gasteiger partial charge is 0.411 e. The van der Waals surface area contributed by atoms with E-state index in [-0.39, 0.29) is 36.4 Å². The van der Waals surface area contributed by atoms with Gasteiger partial charge in [0.05, 0.1) is 19.7 Å². The molecule has 3 fully saturated rings. The minimum Gasteiger partial charge on any atom is -0.465 e. The molecule has 0 aromatic heterocycles. The molecule has 1 atom stereocenters. The molecule has 5 rings (SSSR count). The summed E-state index contributed by atoms with van der Waals surface area (Å²) in [6, 6.07) is 11.5. The van der Waals surface area contributed by atoms with Crippen LogP contribution in [0.25, 0.3) is 0 Å². The molecule has 0 aliphatic carbocycles. The first kappa shape index (κ1) is 42.6. The number of amides is 3. The average Bonchev–Trinajstić information content (AvgIpc) is 3.13. The molecular formula is C41H59F2N5O6. The van der Waals surface area contributed by atoms with Gasteiger partial charge in [-0.1, -0.05) is 35.9 Å². The second kappa shape index (κ2) is 20.5. The van der Waals surface area contributed by atoms with Gasteiger partial charge in [-0.3, -0.25) is 29.1 Å². The molecule has 3 aliphatic rings. The van der Waals surface area contributed by atoms with Gasteiger partial charge in [-0.2, -0.15) is 0 Å². The molecule has 0 saturated carbocycles. The lowest BCUT2D eigenvalue weighted by molar-refractivity contribution is -0.144. The number of aryl methyl sites for hydroxylation is 1. The Balaban J connectivity index is 0.000000266. The van der Waals surface area contributed by atoms with Crippen molar-refractivity contribution in [3.63, 3.8) is 0 Å². The van der Waals surface area contributed by atoms with Crippen LogP contribution >= 0.6 is 0 Å². The van der Waals surface area contributed by atoms with E-state index in [1.807, 2.05) is 30.9 Å². The molecule has 3 heterocycles. The monoisotopic (exact) mass is 755 g/mol. The van der Waals surface area contributed by atoms with E-state index in [2.05, 4.69) is 21.9 Å². The summed E-state index contributed by atoms with van der Waals surface area (Å²) < 4.78 is 38.0. The predicted molar refractivity (Wildman–Crippen MR) is 203 cm³/mol. The zero-order valence-electron chi connectivity index (χ0n) is 32.7. The molecule has 3 amide bonds. The number of esters is 1. The summed E-state index contributed by atoms with van der Waals surface area (Å²) in [5, 5.41) is 0. The lowest BCUT2D eigenvalue weighted by Gasteiger charge is -2.37. The molecule has 0 bridgehead atoms. The largest absolute Gasteiger partial charge is 0.465 e. The van der Waals surface area contributed by atoms with Crippen molar-refractivity contribution in [2.75, 3.05) is 78.6 Å². The first-order valence-electron chi connectivity index (χ1n) is 19.3. The molecule has 13 heteroatoms. The van der Waals surface area contributed by atoms with Crippen LogP contribution in [0.2, 0.25) is 0 Å². The van der Waals surface area contributed by atoms with Crippen molar-refractivity contribution in [2.45, 2.75) is 78.4 Å². The fraction of sp³-hybridized carbons (Fsp3) is 0.610. The third-order valence-electron chi connectivity index (χ3n) is 10.1. The van der Waals surface area contributed by atoms with Crippen LogP contribution in [0.4, 0.5) is 13.6 Å². The van der Waals surface area contributed by atoms with E-state index in [9.17, 15) is 28.0 Å². The molecule has 298 valence electrons. The van der Waals surface area contributed by atoms with Crippen molar-refractivity contribution in [3.05, 3.63) is 70.8 Å². The molecule has 2 aromatic carbocycles. The van der Waals surface area contributed by atoms with Gasteiger partial charge < -0.3 is 19.3 Å². The maximum absolute atomic E-state index is 14.3. The third-order valence-corrected chi connectivity index (χ3v) is 10.1. The minimum absolute atomic E-state index is 0.110. The summed E-state index contributed by atoms with van der Waals surface area (Å²) in [5.74, 6) is -0.861. The van der Waals surface area contributed by atoms with Gasteiger partial charge in [0.15, 0.2) is 0 Å². The lowest BCUT2D eigenvalue weighted by Crippen LogP contribution is -2.48. The summed E-state index contributed by atoms with van der Waals surface area (Å²) in [5.41, 5.74) is 1.71. The van der Waals surface area contributed by atoms with Crippen molar-refractivity contribution in [1.82, 2.24) is 24.5 Å². The Bertz CT molecular complexity index is 1540. The maximum Gasteiger partial charge on any atom is 0.411 e. The van der Waals surface area contributed by atoms with Crippen LogP contribution in [0.3, 0.4) is 0 Å². The molecular weight excluding hydrogens is 696 g/mol. The van der Waals surface area contributed by atoms with Crippen LogP contribution < -0.4 is 0 Å². The van der Waals surface area contributed by atoms with E-state index in [4.69, 9.17) is 9.47 Å². The Hall–Kier alpha value is -4.10. The van der Waals surface area contributed by atoms with E-state index in [1.165, 1.54) is 22.1 Å². The van der Waals surface area contributed by atoms with Crippen LogP contribution in [-0.4, -0.2) is 133 Å². The fourth-order valence-corrected chi connectivity index (χ4v) is 7.16. The number of hydrogen-bond donors (Lipinski definition) is 0. The maximum atomic E-state index is 14.3. The molecule has 0 radical (unpaired) electrons. The molecule has 54 heavy (non-hydrogen) atoms. The van der Waals surface area contributed by atoms with Crippen LogP contribution in [0.15, 0.2) is 42.5 Å². The topological polar surface area (TPSA) is 103 Å². The van der Waals surface area contributed by atoms with E-state index >= 15 is 0 Å². The Labute approximate surface area is 319 Å². The zero-order valence-corrected chi connectivity index (χ0v) is 32.7. The van der Waals surface area contributed by atoms with Crippen LogP contribution in [-0.2, 0) is 30.4 Å². The number of likely N-dealkylation sites (tertiary alicyclic amines) is 2. The molecule has 1 unspecified atom stereocenters. The number of piperazine rings is 1. The predicted octanol–water partition coefficient (Wildman–Crippen LogP) is 5.45. The summed E-state index contributed by atoms with van der Waals surface area (Å²) >= 11 is 0. The van der Waals surface area contributed by atoms with Crippen molar-refractivity contribution in [3.8, 4) is 0 Å². The van der Waals surface area contributed by atoms with Gasteiger partial charge >= 0.3 is 12.1 Å². The highest BCUT2D eigenvalue weighted by Gasteiger charge is 2.30. The third kappa shape index (κ3) is 14.0. The number of carbonyl (C=O) groups excluding carboxylic acids is 4. The van der Waals surface area contributed by atoms with Crippen molar-refractivity contribution in [2.24, 2.45) is 5.92 Å². The van der Waals surface area contributed by atoms with Gasteiger partial charge in [0.2, 0.25) is 12.3 Å². The van der Waals surface area contributed by atoms with Gasteiger partial charge in [0.1, 0.15) is 23.8 Å². The SMILES string of the molecule is CCOC(=O)CN1CCC(CN2CCN(C=O)CC2)CC1.Cc1cccc(C2CCCN(C(=O)CN(Cc3ccc(F)cc3F)C(=O)OC(C)(C)C)C2)c1. The first-order chi connectivity index (χ1) is 25.7. The minimum atomic E-state index is -0.777. The molecule has 0 N–H and O–H groups in total. The van der Waals surface area contributed by atoms with Crippen LogP contribution in [0, 0.1) is 24.5 Å². The summed E-state index contributed by atoms with van der Waals surface area (Å²) in [4.78, 5) is 57.6. The molecule has 3 saturated heterocycles. The summed E-state index contributed by atoms with van der Waals surface area (Å²) in [6.07, 6.45) is 4.38. The molecule has 2 aromatic rings. The first-order valence-corrected chi connectivity index (χ1v) is 19.3. The number of hydrogen-bond acceptors (Lipinski definition) is 8. The average molecular weight is 756 g/mol.